The van der Waals surface area contributed by atoms with Crippen molar-refractivity contribution in [2.24, 2.45) is 5.10 Å². The van der Waals surface area contributed by atoms with Crippen molar-refractivity contribution in [3.05, 3.63) is 66.0 Å². The van der Waals surface area contributed by atoms with Gasteiger partial charge in [-0.3, -0.25) is 9.78 Å². The summed E-state index contributed by atoms with van der Waals surface area (Å²) in [6, 6.07) is 15.0. The van der Waals surface area contributed by atoms with E-state index in [9.17, 15) is 4.79 Å². The van der Waals surface area contributed by atoms with Gasteiger partial charge in [0.2, 0.25) is 0 Å². The van der Waals surface area contributed by atoms with Crippen LogP contribution in [0.5, 0.6) is 0 Å². The lowest BCUT2D eigenvalue weighted by atomic mass is 10.1. The smallest absolute Gasteiger partial charge is 0.266 e. The van der Waals surface area contributed by atoms with Gasteiger partial charge in [0, 0.05) is 6.20 Å². The molecule has 96 valence electrons. The van der Waals surface area contributed by atoms with E-state index >= 15 is 0 Å². The lowest BCUT2D eigenvalue weighted by Gasteiger charge is -2.04. The predicted octanol–water partition coefficient (Wildman–Crippen LogP) is 2.63. The van der Waals surface area contributed by atoms with E-state index in [1.807, 2.05) is 37.3 Å². The summed E-state index contributed by atoms with van der Waals surface area (Å²) >= 11 is 0. The van der Waals surface area contributed by atoms with Gasteiger partial charge in [0.05, 0.1) is 5.71 Å². The van der Waals surface area contributed by atoms with E-state index < -0.39 is 0 Å². The number of nitrogens with zero attached hydrogens (tertiary/aromatic N) is 2. The molecule has 0 radical (unpaired) electrons. The molecule has 1 N–H and O–H groups in total. The summed E-state index contributed by atoms with van der Waals surface area (Å²) in [6.45, 7) is 2.00. The summed E-state index contributed by atoms with van der Waals surface area (Å²) in [4.78, 5) is 15.8. The van der Waals surface area contributed by atoms with Crippen LogP contribution >= 0.6 is 0 Å². The number of nitrogens with one attached hydrogen (secondary N) is 1. The van der Waals surface area contributed by atoms with E-state index in [1.54, 1.807) is 24.4 Å². The first-order valence-corrected chi connectivity index (χ1v) is 6.14. The zero-order valence-corrected chi connectivity index (χ0v) is 10.7. The Morgan fingerprint density at radius 2 is 1.89 bits per heavy atom. The number of aromatic nitrogens is 1. The SMILES string of the molecule is CC/C(=N\NC(=O)c1ccccn1)c1ccccc1. The van der Waals surface area contributed by atoms with Crippen LogP contribution < -0.4 is 5.43 Å². The van der Waals surface area contributed by atoms with Crippen molar-refractivity contribution in [1.29, 1.82) is 0 Å². The van der Waals surface area contributed by atoms with Crippen LogP contribution in [0.15, 0.2) is 59.8 Å². The first kappa shape index (κ1) is 13.0. The third kappa shape index (κ3) is 3.48. The molecule has 4 heteroatoms. The monoisotopic (exact) mass is 253 g/mol. The number of rotatable bonds is 4. The van der Waals surface area contributed by atoms with Crippen LogP contribution in [0.2, 0.25) is 0 Å². The lowest BCUT2D eigenvalue weighted by Crippen LogP contribution is -2.20. The summed E-state index contributed by atoms with van der Waals surface area (Å²) < 4.78 is 0. The van der Waals surface area contributed by atoms with E-state index in [2.05, 4.69) is 15.5 Å². The van der Waals surface area contributed by atoms with Crippen LogP contribution in [-0.4, -0.2) is 16.6 Å². The number of hydrogen-bond donors (Lipinski definition) is 1. The molecule has 2 aromatic rings. The second-order valence-electron chi connectivity index (χ2n) is 3.93. The Morgan fingerprint density at radius 1 is 1.16 bits per heavy atom. The maximum atomic E-state index is 11.8. The molecule has 4 nitrogen and oxygen atoms in total. The molecule has 1 heterocycles. The van der Waals surface area contributed by atoms with Gasteiger partial charge in [0.1, 0.15) is 5.69 Å². The lowest BCUT2D eigenvalue weighted by molar-refractivity contribution is 0.0950. The molecule has 0 fully saturated rings. The minimum absolute atomic E-state index is 0.303. The second kappa shape index (κ2) is 6.44. The Bertz CT molecular complexity index is 564. The van der Waals surface area contributed by atoms with Crippen molar-refractivity contribution >= 4 is 11.6 Å². The topological polar surface area (TPSA) is 54.4 Å². The van der Waals surface area contributed by atoms with Gasteiger partial charge in [0.15, 0.2) is 0 Å². The largest absolute Gasteiger partial charge is 0.289 e. The summed E-state index contributed by atoms with van der Waals surface area (Å²) in [6.07, 6.45) is 2.32. The van der Waals surface area contributed by atoms with Gasteiger partial charge in [-0.25, -0.2) is 5.43 Å². The fourth-order valence-corrected chi connectivity index (χ4v) is 1.65. The molecule has 0 saturated carbocycles. The zero-order valence-electron chi connectivity index (χ0n) is 10.7. The summed E-state index contributed by atoms with van der Waals surface area (Å²) in [5.74, 6) is -0.303. The number of carbonyl (C=O) groups excluding carboxylic acids is 1. The Kier molecular flexibility index (Phi) is 4.39. The van der Waals surface area contributed by atoms with E-state index in [1.165, 1.54) is 0 Å². The van der Waals surface area contributed by atoms with Crippen molar-refractivity contribution in [3.63, 3.8) is 0 Å². The second-order valence-corrected chi connectivity index (χ2v) is 3.93. The van der Waals surface area contributed by atoms with Crippen LogP contribution in [0.25, 0.3) is 0 Å². The van der Waals surface area contributed by atoms with Crippen molar-refractivity contribution < 1.29 is 4.79 Å². The molecule has 0 bridgehead atoms. The summed E-state index contributed by atoms with van der Waals surface area (Å²) in [5.41, 5.74) is 4.73. The highest BCUT2D eigenvalue weighted by Gasteiger charge is 2.06. The fraction of sp³-hybridized carbons (Fsp3) is 0.133. The molecule has 1 aromatic heterocycles. The van der Waals surface area contributed by atoms with Gasteiger partial charge in [0.25, 0.3) is 5.91 Å². The molecular formula is C15H15N3O. The Hall–Kier alpha value is -2.49. The van der Waals surface area contributed by atoms with Gasteiger partial charge >= 0.3 is 0 Å². The minimum Gasteiger partial charge on any atom is -0.266 e. The molecule has 19 heavy (non-hydrogen) atoms. The molecular weight excluding hydrogens is 238 g/mol. The average Bonchev–Trinajstić information content (AvgIpc) is 2.49. The van der Waals surface area contributed by atoms with Crippen molar-refractivity contribution in [1.82, 2.24) is 10.4 Å². The van der Waals surface area contributed by atoms with Crippen LogP contribution in [0.4, 0.5) is 0 Å². The van der Waals surface area contributed by atoms with Crippen LogP contribution in [0.3, 0.4) is 0 Å². The van der Waals surface area contributed by atoms with Crippen molar-refractivity contribution in [3.8, 4) is 0 Å². The number of hydrogen-bond acceptors (Lipinski definition) is 3. The summed E-state index contributed by atoms with van der Waals surface area (Å²) in [7, 11) is 0. The van der Waals surface area contributed by atoms with E-state index in [0.29, 0.717) is 5.69 Å². The van der Waals surface area contributed by atoms with Gasteiger partial charge in [-0.15, -0.1) is 0 Å². The van der Waals surface area contributed by atoms with Crippen molar-refractivity contribution in [2.75, 3.05) is 0 Å². The molecule has 0 aliphatic heterocycles. The standard InChI is InChI=1S/C15H15N3O/c1-2-13(12-8-4-3-5-9-12)17-18-15(19)14-10-6-7-11-16-14/h3-11H,2H2,1H3,(H,18,19)/b17-13+. The highest BCUT2D eigenvalue weighted by atomic mass is 16.2. The predicted molar refractivity (Wildman–Crippen MR) is 75.0 cm³/mol. The number of carbonyl (C=O) groups is 1. The molecule has 0 aliphatic carbocycles. The van der Waals surface area contributed by atoms with E-state index in [-0.39, 0.29) is 5.91 Å². The molecule has 0 aliphatic rings. The highest BCUT2D eigenvalue weighted by molar-refractivity contribution is 6.01. The minimum atomic E-state index is -0.303. The van der Waals surface area contributed by atoms with Crippen LogP contribution in [0.1, 0.15) is 29.4 Å². The van der Waals surface area contributed by atoms with Gasteiger partial charge < -0.3 is 0 Å². The average molecular weight is 253 g/mol. The first-order chi connectivity index (χ1) is 9.31. The molecule has 2 rings (SSSR count). The van der Waals surface area contributed by atoms with E-state index in [0.717, 1.165) is 17.7 Å². The maximum absolute atomic E-state index is 11.8. The van der Waals surface area contributed by atoms with Crippen LogP contribution in [-0.2, 0) is 0 Å². The molecule has 0 spiro atoms. The molecule has 0 unspecified atom stereocenters. The van der Waals surface area contributed by atoms with Gasteiger partial charge in [-0.1, -0.05) is 43.3 Å². The Balaban J connectivity index is 2.11. The summed E-state index contributed by atoms with van der Waals surface area (Å²) in [5, 5.41) is 4.17. The fourth-order valence-electron chi connectivity index (χ4n) is 1.65. The quantitative estimate of drug-likeness (QED) is 0.672. The molecule has 0 atom stereocenters. The van der Waals surface area contributed by atoms with Gasteiger partial charge in [-0.2, -0.15) is 5.10 Å². The molecule has 1 aromatic carbocycles. The first-order valence-electron chi connectivity index (χ1n) is 6.14. The third-order valence-corrected chi connectivity index (χ3v) is 2.63. The maximum Gasteiger partial charge on any atom is 0.289 e. The molecule has 0 saturated heterocycles. The molecule has 1 amide bonds. The van der Waals surface area contributed by atoms with E-state index in [4.69, 9.17) is 0 Å². The van der Waals surface area contributed by atoms with Gasteiger partial charge in [-0.05, 0) is 24.1 Å². The normalized spacial score (nSPS) is 11.1. The number of hydrazone groups is 1. The van der Waals surface area contributed by atoms with Crippen LogP contribution in [0, 0.1) is 0 Å². The number of amides is 1. The number of benzene rings is 1. The number of pyridine rings is 1. The Morgan fingerprint density at radius 3 is 2.53 bits per heavy atom. The van der Waals surface area contributed by atoms with Crippen molar-refractivity contribution in [2.45, 2.75) is 13.3 Å². The highest BCUT2D eigenvalue weighted by Crippen LogP contribution is 2.04. The zero-order chi connectivity index (χ0) is 13.5. The Labute approximate surface area is 112 Å². The third-order valence-electron chi connectivity index (χ3n) is 2.63.